The van der Waals surface area contributed by atoms with E-state index >= 15 is 0 Å². The molecule has 1 fully saturated rings. The van der Waals surface area contributed by atoms with E-state index in [4.69, 9.17) is 10.5 Å². The number of benzene rings is 1. The van der Waals surface area contributed by atoms with Crippen molar-refractivity contribution in [1.29, 1.82) is 0 Å². The summed E-state index contributed by atoms with van der Waals surface area (Å²) in [5.74, 6) is -1.94. The molecule has 1 aliphatic heterocycles. The normalized spacial score (nSPS) is 22.2. The Balaban J connectivity index is 2.06. The zero-order valence-electron chi connectivity index (χ0n) is 12.0. The van der Waals surface area contributed by atoms with E-state index in [0.29, 0.717) is 31.8 Å². The monoisotopic (exact) mass is 298 g/mol. The van der Waals surface area contributed by atoms with Crippen LogP contribution in [0.25, 0.3) is 0 Å². The van der Waals surface area contributed by atoms with Gasteiger partial charge < -0.3 is 15.4 Å². The van der Waals surface area contributed by atoms with Crippen LogP contribution >= 0.6 is 0 Å². The van der Waals surface area contributed by atoms with E-state index in [9.17, 15) is 13.6 Å². The largest absolute Gasteiger partial charge is 0.466 e. The van der Waals surface area contributed by atoms with Crippen molar-refractivity contribution in [3.05, 3.63) is 29.8 Å². The maximum atomic E-state index is 13.3. The van der Waals surface area contributed by atoms with E-state index in [0.717, 1.165) is 18.6 Å². The van der Waals surface area contributed by atoms with Crippen LogP contribution in [0.3, 0.4) is 0 Å². The van der Waals surface area contributed by atoms with Crippen LogP contribution in [0.2, 0.25) is 0 Å². The number of nitrogens with two attached hydrogens (primary N) is 1. The highest BCUT2D eigenvalue weighted by Crippen LogP contribution is 2.26. The predicted molar refractivity (Wildman–Crippen MR) is 75.9 cm³/mol. The fourth-order valence-corrected chi connectivity index (χ4v) is 2.74. The molecule has 0 saturated carbocycles. The zero-order valence-corrected chi connectivity index (χ0v) is 12.0. The van der Waals surface area contributed by atoms with E-state index in [-0.39, 0.29) is 17.9 Å². The Morgan fingerprint density at radius 3 is 2.81 bits per heavy atom. The van der Waals surface area contributed by atoms with Gasteiger partial charge in [0.15, 0.2) is 11.6 Å². The Morgan fingerprint density at radius 1 is 1.38 bits per heavy atom. The molecule has 0 spiro atoms. The first-order chi connectivity index (χ1) is 9.99. The summed E-state index contributed by atoms with van der Waals surface area (Å²) in [5, 5.41) is 0. The van der Waals surface area contributed by atoms with Gasteiger partial charge in [-0.2, -0.15) is 0 Å². The van der Waals surface area contributed by atoms with Gasteiger partial charge in [-0.25, -0.2) is 8.78 Å². The standard InChI is InChI=1S/C15H20F2N2O2/c1-2-21-15(20)6-10-5-11(18)9-19(8-10)12-3-4-13(16)14(17)7-12/h3-4,7,10-11H,2,5-6,8-9,18H2,1H3. The summed E-state index contributed by atoms with van der Waals surface area (Å²) in [6.07, 6.45) is 1.01. The lowest BCUT2D eigenvalue weighted by molar-refractivity contribution is -0.144. The molecule has 2 rings (SSSR count). The number of hydrogen-bond donors (Lipinski definition) is 1. The van der Waals surface area contributed by atoms with Crippen LogP contribution < -0.4 is 10.6 Å². The van der Waals surface area contributed by atoms with Crippen molar-refractivity contribution in [2.75, 3.05) is 24.6 Å². The number of rotatable bonds is 4. The highest BCUT2D eigenvalue weighted by Gasteiger charge is 2.27. The minimum Gasteiger partial charge on any atom is -0.466 e. The molecule has 1 aromatic rings. The summed E-state index contributed by atoms with van der Waals surface area (Å²) < 4.78 is 31.3. The Hall–Kier alpha value is -1.69. The number of hydrogen-bond acceptors (Lipinski definition) is 4. The first kappa shape index (κ1) is 15.7. The molecule has 116 valence electrons. The van der Waals surface area contributed by atoms with E-state index in [1.807, 2.05) is 4.90 Å². The number of nitrogens with zero attached hydrogens (tertiary/aromatic N) is 1. The van der Waals surface area contributed by atoms with Gasteiger partial charge in [0, 0.05) is 30.9 Å². The number of esters is 1. The van der Waals surface area contributed by atoms with Crippen molar-refractivity contribution >= 4 is 11.7 Å². The molecule has 1 aromatic carbocycles. The van der Waals surface area contributed by atoms with Crippen molar-refractivity contribution < 1.29 is 18.3 Å². The summed E-state index contributed by atoms with van der Waals surface area (Å²) in [7, 11) is 0. The van der Waals surface area contributed by atoms with Gasteiger partial charge in [-0.1, -0.05) is 0 Å². The van der Waals surface area contributed by atoms with Crippen LogP contribution in [0.5, 0.6) is 0 Å². The van der Waals surface area contributed by atoms with Gasteiger partial charge in [0.05, 0.1) is 13.0 Å². The minimum absolute atomic E-state index is 0.0564. The van der Waals surface area contributed by atoms with Gasteiger partial charge in [0.2, 0.25) is 0 Å². The lowest BCUT2D eigenvalue weighted by Crippen LogP contribution is -2.47. The second-order valence-corrected chi connectivity index (χ2v) is 5.37. The molecule has 6 heteroatoms. The average Bonchev–Trinajstić information content (AvgIpc) is 2.41. The Kier molecular flexibility index (Phi) is 5.12. The van der Waals surface area contributed by atoms with Crippen molar-refractivity contribution in [1.82, 2.24) is 0 Å². The Bertz CT molecular complexity index is 510. The molecule has 0 amide bonds. The highest BCUT2D eigenvalue weighted by molar-refractivity contribution is 5.69. The molecule has 2 unspecified atom stereocenters. The quantitative estimate of drug-likeness (QED) is 0.865. The van der Waals surface area contributed by atoms with Gasteiger partial charge >= 0.3 is 5.97 Å². The van der Waals surface area contributed by atoms with Gasteiger partial charge in [-0.15, -0.1) is 0 Å². The lowest BCUT2D eigenvalue weighted by Gasteiger charge is -2.37. The number of carbonyl (C=O) groups is 1. The van der Waals surface area contributed by atoms with Gasteiger partial charge in [-0.3, -0.25) is 4.79 Å². The third kappa shape index (κ3) is 4.14. The van der Waals surface area contributed by atoms with E-state index in [1.54, 1.807) is 6.92 Å². The third-order valence-electron chi connectivity index (χ3n) is 3.60. The number of halogens is 2. The van der Waals surface area contributed by atoms with Crippen LogP contribution in [0, 0.1) is 17.6 Å². The molecule has 0 bridgehead atoms. The van der Waals surface area contributed by atoms with Crippen molar-refractivity contribution in [2.45, 2.75) is 25.8 Å². The summed E-state index contributed by atoms with van der Waals surface area (Å²) >= 11 is 0. The number of anilines is 1. The van der Waals surface area contributed by atoms with Crippen LogP contribution in [0.15, 0.2) is 18.2 Å². The average molecular weight is 298 g/mol. The molecule has 2 N–H and O–H groups in total. The Labute approximate surface area is 122 Å². The van der Waals surface area contributed by atoms with Crippen molar-refractivity contribution in [3.8, 4) is 0 Å². The topological polar surface area (TPSA) is 55.6 Å². The second-order valence-electron chi connectivity index (χ2n) is 5.37. The fraction of sp³-hybridized carbons (Fsp3) is 0.533. The highest BCUT2D eigenvalue weighted by atomic mass is 19.2. The van der Waals surface area contributed by atoms with Gasteiger partial charge in [0.1, 0.15) is 0 Å². The zero-order chi connectivity index (χ0) is 15.4. The smallest absolute Gasteiger partial charge is 0.306 e. The molecule has 0 aliphatic carbocycles. The first-order valence-corrected chi connectivity index (χ1v) is 7.10. The Morgan fingerprint density at radius 2 is 2.14 bits per heavy atom. The third-order valence-corrected chi connectivity index (χ3v) is 3.60. The minimum atomic E-state index is -0.881. The molecule has 1 heterocycles. The van der Waals surface area contributed by atoms with Gasteiger partial charge in [-0.05, 0) is 31.4 Å². The summed E-state index contributed by atoms with van der Waals surface area (Å²) in [5.41, 5.74) is 6.59. The van der Waals surface area contributed by atoms with E-state index < -0.39 is 11.6 Å². The molecular weight excluding hydrogens is 278 g/mol. The first-order valence-electron chi connectivity index (χ1n) is 7.10. The van der Waals surface area contributed by atoms with Crippen LogP contribution in [-0.2, 0) is 9.53 Å². The summed E-state index contributed by atoms with van der Waals surface area (Å²) in [4.78, 5) is 13.5. The van der Waals surface area contributed by atoms with Crippen molar-refractivity contribution in [2.24, 2.45) is 11.7 Å². The molecule has 2 atom stereocenters. The van der Waals surface area contributed by atoms with Crippen LogP contribution in [0.4, 0.5) is 14.5 Å². The number of piperidine rings is 1. The summed E-state index contributed by atoms with van der Waals surface area (Å²) in [6.45, 7) is 3.25. The molecule has 4 nitrogen and oxygen atoms in total. The number of carbonyl (C=O) groups excluding carboxylic acids is 1. The molecule has 0 aromatic heterocycles. The molecule has 21 heavy (non-hydrogen) atoms. The van der Waals surface area contributed by atoms with Crippen LogP contribution in [-0.4, -0.2) is 31.7 Å². The summed E-state index contributed by atoms with van der Waals surface area (Å²) in [6, 6.07) is 3.68. The molecule has 1 saturated heterocycles. The number of ether oxygens (including phenoxy) is 1. The molecular formula is C15H20F2N2O2. The SMILES string of the molecule is CCOC(=O)CC1CC(N)CN(c2ccc(F)c(F)c2)C1. The van der Waals surface area contributed by atoms with Crippen molar-refractivity contribution in [3.63, 3.8) is 0 Å². The molecule has 1 aliphatic rings. The van der Waals surface area contributed by atoms with Gasteiger partial charge in [0.25, 0.3) is 0 Å². The predicted octanol–water partition coefficient (Wildman–Crippen LogP) is 2.07. The lowest BCUT2D eigenvalue weighted by atomic mass is 9.91. The van der Waals surface area contributed by atoms with Crippen LogP contribution in [0.1, 0.15) is 19.8 Å². The molecule has 0 radical (unpaired) electrons. The van der Waals surface area contributed by atoms with E-state index in [1.165, 1.54) is 6.07 Å². The maximum Gasteiger partial charge on any atom is 0.306 e. The fourth-order valence-electron chi connectivity index (χ4n) is 2.74. The maximum absolute atomic E-state index is 13.3. The second kappa shape index (κ2) is 6.85. The van der Waals surface area contributed by atoms with E-state index in [2.05, 4.69) is 0 Å².